The molecule has 3 aromatic rings. The number of hydrogen-bond acceptors (Lipinski definition) is 7. The van der Waals surface area contributed by atoms with Crippen LogP contribution in [0.1, 0.15) is 24.4 Å². The van der Waals surface area contributed by atoms with Crippen molar-refractivity contribution in [3.8, 4) is 22.9 Å². The molecular weight excluding hydrogens is 458 g/mol. The van der Waals surface area contributed by atoms with Crippen molar-refractivity contribution >= 4 is 12.0 Å². The molecule has 2 heterocycles. The van der Waals surface area contributed by atoms with Gasteiger partial charge in [0.05, 0.1) is 13.2 Å². The topological polar surface area (TPSA) is 80.9 Å². The van der Waals surface area contributed by atoms with Gasteiger partial charge in [-0.3, -0.25) is 9.69 Å². The van der Waals surface area contributed by atoms with Crippen molar-refractivity contribution in [3.63, 3.8) is 0 Å². The summed E-state index contributed by atoms with van der Waals surface area (Å²) in [4.78, 5) is 21.2. The Morgan fingerprint density at radius 2 is 1.83 bits per heavy atom. The number of amides is 1. The van der Waals surface area contributed by atoms with Crippen LogP contribution >= 0.6 is 0 Å². The minimum Gasteiger partial charge on any atom is -0.493 e. The highest BCUT2D eigenvalue weighted by Crippen LogP contribution is 2.30. The van der Waals surface area contributed by atoms with Crippen LogP contribution in [-0.2, 0) is 4.79 Å². The van der Waals surface area contributed by atoms with E-state index in [-0.39, 0.29) is 23.4 Å². The summed E-state index contributed by atoms with van der Waals surface area (Å²) < 4.78 is 40.0. The van der Waals surface area contributed by atoms with Crippen molar-refractivity contribution in [3.05, 3.63) is 66.1 Å². The van der Waals surface area contributed by atoms with Crippen LogP contribution in [-0.4, -0.2) is 65.7 Å². The average molecular weight is 485 g/mol. The Morgan fingerprint density at radius 3 is 2.51 bits per heavy atom. The zero-order valence-corrected chi connectivity index (χ0v) is 19.4. The van der Waals surface area contributed by atoms with Gasteiger partial charge >= 0.3 is 6.61 Å². The van der Waals surface area contributed by atoms with Crippen molar-refractivity contribution in [2.45, 2.75) is 19.6 Å². The summed E-state index contributed by atoms with van der Waals surface area (Å²) in [6.07, 6.45) is 3.08. The number of methoxy groups -OCH3 is 1. The highest BCUT2D eigenvalue weighted by molar-refractivity contribution is 5.92. The number of alkyl halides is 2. The van der Waals surface area contributed by atoms with Crippen LogP contribution in [0.5, 0.6) is 11.5 Å². The first-order valence-corrected chi connectivity index (χ1v) is 11.2. The molecule has 1 fully saturated rings. The summed E-state index contributed by atoms with van der Waals surface area (Å²) in [5.41, 5.74) is 1.53. The number of rotatable bonds is 8. The summed E-state index contributed by atoms with van der Waals surface area (Å²) >= 11 is 0. The summed E-state index contributed by atoms with van der Waals surface area (Å²) in [5.74, 6) is 1.06. The Morgan fingerprint density at radius 1 is 1.09 bits per heavy atom. The van der Waals surface area contributed by atoms with Gasteiger partial charge in [-0.25, -0.2) is 0 Å². The van der Waals surface area contributed by atoms with Gasteiger partial charge in [-0.15, -0.1) is 0 Å². The fourth-order valence-corrected chi connectivity index (χ4v) is 3.85. The quantitative estimate of drug-likeness (QED) is 0.442. The van der Waals surface area contributed by atoms with Gasteiger partial charge in [0.25, 0.3) is 0 Å². The molecule has 2 aromatic carbocycles. The minimum absolute atomic E-state index is 0.0617. The third-order valence-electron chi connectivity index (χ3n) is 5.83. The van der Waals surface area contributed by atoms with Gasteiger partial charge in [-0.05, 0) is 30.7 Å². The van der Waals surface area contributed by atoms with E-state index in [0.29, 0.717) is 43.5 Å². The van der Waals surface area contributed by atoms with Crippen LogP contribution in [0.2, 0.25) is 0 Å². The Balaban J connectivity index is 1.32. The molecule has 0 N–H and O–H groups in total. The van der Waals surface area contributed by atoms with E-state index in [1.54, 1.807) is 17.0 Å². The molecule has 1 amide bonds. The molecule has 35 heavy (non-hydrogen) atoms. The summed E-state index contributed by atoms with van der Waals surface area (Å²) in [6.45, 7) is 1.50. The number of carbonyl (C=O) groups excluding carboxylic acids is 1. The number of aromatic nitrogens is 2. The normalized spacial score (nSPS) is 15.5. The van der Waals surface area contributed by atoms with Crippen molar-refractivity contribution in [2.75, 3.05) is 33.3 Å². The summed E-state index contributed by atoms with van der Waals surface area (Å²) in [6, 6.07) is 14.1. The molecule has 0 radical (unpaired) electrons. The third kappa shape index (κ3) is 6.02. The van der Waals surface area contributed by atoms with Gasteiger partial charge in [0.2, 0.25) is 17.6 Å². The first-order valence-electron chi connectivity index (χ1n) is 11.2. The lowest BCUT2D eigenvalue weighted by Gasteiger charge is -2.36. The molecule has 10 heteroatoms. The number of hydrogen-bond donors (Lipinski definition) is 0. The van der Waals surface area contributed by atoms with E-state index in [9.17, 15) is 13.6 Å². The molecule has 0 saturated carbocycles. The van der Waals surface area contributed by atoms with Gasteiger partial charge in [0.15, 0.2) is 11.5 Å². The number of ether oxygens (including phenoxy) is 2. The standard InChI is InChI=1S/C25H26F2N4O4/c1-17(24-28-23(29-35-24)19-6-4-3-5-7-19)30-12-14-31(15-13-30)22(32)11-9-18-8-10-20(34-25(26)27)21(16-18)33-2/h3-11,16-17,25H,12-15H2,1-2H3/b11-9+. The molecule has 1 aliphatic rings. The average Bonchev–Trinajstić information content (AvgIpc) is 3.38. The van der Waals surface area contributed by atoms with Gasteiger partial charge in [0.1, 0.15) is 0 Å². The van der Waals surface area contributed by atoms with Crippen LogP contribution in [0.25, 0.3) is 17.5 Å². The van der Waals surface area contributed by atoms with E-state index in [1.165, 1.54) is 25.3 Å². The lowest BCUT2D eigenvalue weighted by Crippen LogP contribution is -2.48. The van der Waals surface area contributed by atoms with Crippen molar-refractivity contribution in [2.24, 2.45) is 0 Å². The predicted octanol–water partition coefficient (Wildman–Crippen LogP) is 4.27. The third-order valence-corrected chi connectivity index (χ3v) is 5.83. The fraction of sp³-hybridized carbons (Fsp3) is 0.320. The fourth-order valence-electron chi connectivity index (χ4n) is 3.85. The van der Waals surface area contributed by atoms with Crippen molar-refractivity contribution < 1.29 is 27.6 Å². The van der Waals surface area contributed by atoms with Gasteiger partial charge in [-0.1, -0.05) is 41.6 Å². The highest BCUT2D eigenvalue weighted by Gasteiger charge is 2.27. The van der Waals surface area contributed by atoms with E-state index < -0.39 is 6.61 Å². The van der Waals surface area contributed by atoms with Gasteiger partial charge < -0.3 is 18.9 Å². The van der Waals surface area contributed by atoms with Crippen LogP contribution in [0.15, 0.2) is 59.1 Å². The second-order valence-electron chi connectivity index (χ2n) is 7.98. The Hall–Kier alpha value is -3.79. The SMILES string of the molecule is COc1cc(/C=C/C(=O)N2CCN(C(C)c3nc(-c4ccccc4)no3)CC2)ccc1OC(F)F. The maximum absolute atomic E-state index is 12.7. The molecule has 1 saturated heterocycles. The van der Waals surface area contributed by atoms with E-state index in [4.69, 9.17) is 9.26 Å². The second kappa shape index (κ2) is 11.1. The largest absolute Gasteiger partial charge is 0.493 e. The van der Waals surface area contributed by atoms with Crippen LogP contribution < -0.4 is 9.47 Å². The molecule has 0 aliphatic carbocycles. The Labute approximate surface area is 201 Å². The van der Waals surface area contributed by atoms with Crippen molar-refractivity contribution in [1.29, 1.82) is 0 Å². The van der Waals surface area contributed by atoms with Gasteiger partial charge in [-0.2, -0.15) is 13.8 Å². The molecule has 0 spiro atoms. The maximum Gasteiger partial charge on any atom is 0.387 e. The number of piperazine rings is 1. The van der Waals surface area contributed by atoms with Crippen LogP contribution in [0, 0.1) is 0 Å². The van der Waals surface area contributed by atoms with E-state index >= 15 is 0 Å². The molecule has 1 aromatic heterocycles. The predicted molar refractivity (Wildman–Crippen MR) is 125 cm³/mol. The number of halogens is 2. The van der Waals surface area contributed by atoms with Crippen LogP contribution in [0.3, 0.4) is 0 Å². The zero-order chi connectivity index (χ0) is 24.8. The highest BCUT2D eigenvalue weighted by atomic mass is 19.3. The number of nitrogens with zero attached hydrogens (tertiary/aromatic N) is 4. The molecule has 0 bridgehead atoms. The van der Waals surface area contributed by atoms with E-state index in [0.717, 1.165) is 5.56 Å². The van der Waals surface area contributed by atoms with E-state index in [2.05, 4.69) is 19.8 Å². The Kier molecular flexibility index (Phi) is 7.71. The van der Waals surface area contributed by atoms with Crippen LogP contribution in [0.4, 0.5) is 8.78 Å². The first kappa shape index (κ1) is 24.3. The lowest BCUT2D eigenvalue weighted by atomic mass is 10.1. The second-order valence-corrected chi connectivity index (χ2v) is 7.98. The van der Waals surface area contributed by atoms with E-state index in [1.807, 2.05) is 37.3 Å². The molecule has 1 aliphatic heterocycles. The summed E-state index contributed by atoms with van der Waals surface area (Å²) in [5, 5.41) is 4.09. The number of carbonyl (C=O) groups is 1. The molecule has 8 nitrogen and oxygen atoms in total. The molecular formula is C25H26F2N4O4. The molecule has 184 valence electrons. The van der Waals surface area contributed by atoms with Gasteiger partial charge in [0, 0.05) is 37.8 Å². The molecule has 1 atom stereocenters. The molecule has 1 unspecified atom stereocenters. The zero-order valence-electron chi connectivity index (χ0n) is 19.4. The molecule has 4 rings (SSSR count). The first-order chi connectivity index (χ1) is 16.9. The van der Waals surface area contributed by atoms with Crippen molar-refractivity contribution in [1.82, 2.24) is 19.9 Å². The lowest BCUT2D eigenvalue weighted by molar-refractivity contribution is -0.128. The minimum atomic E-state index is -2.95. The smallest absolute Gasteiger partial charge is 0.387 e. The Bertz CT molecular complexity index is 1160. The monoisotopic (exact) mass is 484 g/mol. The number of benzene rings is 2. The maximum atomic E-state index is 12.7. The summed E-state index contributed by atoms with van der Waals surface area (Å²) in [7, 11) is 1.36.